The van der Waals surface area contributed by atoms with Crippen LogP contribution in [0.5, 0.6) is 0 Å². The van der Waals surface area contributed by atoms with E-state index in [1.807, 2.05) is 31.6 Å². The second-order valence-corrected chi connectivity index (χ2v) is 7.04. The van der Waals surface area contributed by atoms with Crippen LogP contribution >= 0.6 is 24.0 Å². The van der Waals surface area contributed by atoms with Crippen LogP contribution in [0.2, 0.25) is 0 Å². The van der Waals surface area contributed by atoms with Crippen molar-refractivity contribution in [2.45, 2.75) is 13.3 Å². The predicted molar refractivity (Wildman–Crippen MR) is 128 cm³/mol. The Labute approximate surface area is 188 Å². The summed E-state index contributed by atoms with van der Waals surface area (Å²) in [6, 6.07) is 10.2. The van der Waals surface area contributed by atoms with Gasteiger partial charge < -0.3 is 19.5 Å². The van der Waals surface area contributed by atoms with Crippen LogP contribution in [0.15, 0.2) is 53.9 Å². The second kappa shape index (κ2) is 9.91. The lowest BCUT2D eigenvalue weighted by Crippen LogP contribution is -2.53. The Morgan fingerprint density at radius 2 is 1.97 bits per heavy atom. The summed E-state index contributed by atoms with van der Waals surface area (Å²) in [4.78, 5) is 18.3. The number of aryl methyl sites for hydroxylation is 1. The molecule has 3 aromatic rings. The lowest BCUT2D eigenvalue weighted by Gasteiger charge is -2.37. The van der Waals surface area contributed by atoms with E-state index in [1.54, 1.807) is 0 Å². The molecule has 7 nitrogen and oxygen atoms in total. The molecule has 4 heterocycles. The SMILES string of the molecule is CN=C(NCCc1cn2cccc(C)c2n1)N1CCN(c2ccccn2)CC1.I. The number of aliphatic imine (C=N–C) groups is 1. The maximum Gasteiger partial charge on any atom is 0.193 e. The molecular weight excluding hydrogens is 477 g/mol. The van der Waals surface area contributed by atoms with Crippen LogP contribution in [0.3, 0.4) is 0 Å². The molecule has 8 heteroatoms. The molecule has 29 heavy (non-hydrogen) atoms. The van der Waals surface area contributed by atoms with Crippen molar-refractivity contribution >= 4 is 41.4 Å². The Kier molecular flexibility index (Phi) is 7.29. The molecule has 3 aromatic heterocycles. The molecule has 0 radical (unpaired) electrons. The average molecular weight is 505 g/mol. The van der Waals surface area contributed by atoms with Gasteiger partial charge in [-0.1, -0.05) is 12.1 Å². The van der Waals surface area contributed by atoms with Crippen LogP contribution in [-0.4, -0.2) is 65.0 Å². The van der Waals surface area contributed by atoms with E-state index >= 15 is 0 Å². The zero-order valence-corrected chi connectivity index (χ0v) is 19.3. The molecule has 1 fully saturated rings. The fraction of sp³-hybridized carbons (Fsp3) is 0.381. The molecule has 0 bridgehead atoms. The molecule has 0 unspecified atom stereocenters. The third-order valence-corrected chi connectivity index (χ3v) is 5.16. The Balaban J connectivity index is 0.00000240. The molecule has 0 atom stereocenters. The molecule has 0 aromatic carbocycles. The minimum absolute atomic E-state index is 0. The summed E-state index contributed by atoms with van der Waals surface area (Å²) in [6.45, 7) is 6.67. The van der Waals surface area contributed by atoms with Gasteiger partial charge in [0.25, 0.3) is 0 Å². The largest absolute Gasteiger partial charge is 0.356 e. The van der Waals surface area contributed by atoms with Crippen LogP contribution in [-0.2, 0) is 6.42 Å². The van der Waals surface area contributed by atoms with Gasteiger partial charge in [0.05, 0.1) is 5.69 Å². The number of piperazine rings is 1. The molecule has 154 valence electrons. The summed E-state index contributed by atoms with van der Waals surface area (Å²) in [6.07, 6.45) is 6.88. The topological polar surface area (TPSA) is 61.1 Å². The van der Waals surface area contributed by atoms with Gasteiger partial charge in [-0.05, 0) is 30.7 Å². The summed E-state index contributed by atoms with van der Waals surface area (Å²) in [5.74, 6) is 2.01. The van der Waals surface area contributed by atoms with E-state index in [9.17, 15) is 0 Å². The van der Waals surface area contributed by atoms with Crippen molar-refractivity contribution in [1.82, 2.24) is 24.6 Å². The van der Waals surface area contributed by atoms with Gasteiger partial charge in [-0.15, -0.1) is 24.0 Å². The zero-order valence-electron chi connectivity index (χ0n) is 17.0. The van der Waals surface area contributed by atoms with Crippen LogP contribution < -0.4 is 10.2 Å². The van der Waals surface area contributed by atoms with E-state index in [1.165, 1.54) is 5.56 Å². The minimum atomic E-state index is 0. The number of nitrogens with one attached hydrogen (secondary N) is 1. The highest BCUT2D eigenvalue weighted by Crippen LogP contribution is 2.13. The van der Waals surface area contributed by atoms with Gasteiger partial charge in [-0.25, -0.2) is 9.97 Å². The lowest BCUT2D eigenvalue weighted by molar-refractivity contribution is 0.372. The van der Waals surface area contributed by atoms with Gasteiger partial charge in [0.2, 0.25) is 0 Å². The lowest BCUT2D eigenvalue weighted by atomic mass is 10.3. The first-order valence-electron chi connectivity index (χ1n) is 9.79. The van der Waals surface area contributed by atoms with Crippen molar-refractivity contribution in [1.29, 1.82) is 0 Å². The van der Waals surface area contributed by atoms with Gasteiger partial charge in [-0.2, -0.15) is 0 Å². The number of imidazole rings is 1. The van der Waals surface area contributed by atoms with Gasteiger partial charge in [0.15, 0.2) is 5.96 Å². The molecule has 1 aliphatic heterocycles. The fourth-order valence-electron chi connectivity index (χ4n) is 3.65. The van der Waals surface area contributed by atoms with E-state index in [0.29, 0.717) is 0 Å². The van der Waals surface area contributed by atoms with E-state index in [4.69, 9.17) is 4.98 Å². The second-order valence-electron chi connectivity index (χ2n) is 7.04. The first-order chi connectivity index (χ1) is 13.7. The number of fused-ring (bicyclic) bond motifs is 1. The number of pyridine rings is 2. The van der Waals surface area contributed by atoms with Gasteiger partial charge >= 0.3 is 0 Å². The number of anilines is 1. The van der Waals surface area contributed by atoms with Crippen molar-refractivity contribution in [3.63, 3.8) is 0 Å². The van der Waals surface area contributed by atoms with Crippen molar-refractivity contribution < 1.29 is 0 Å². The van der Waals surface area contributed by atoms with Crippen LogP contribution in [0.4, 0.5) is 5.82 Å². The summed E-state index contributed by atoms with van der Waals surface area (Å²) >= 11 is 0. The smallest absolute Gasteiger partial charge is 0.193 e. The van der Waals surface area contributed by atoms with Crippen molar-refractivity contribution in [3.8, 4) is 0 Å². The molecule has 0 amide bonds. The van der Waals surface area contributed by atoms with Gasteiger partial charge in [0.1, 0.15) is 11.5 Å². The Morgan fingerprint density at radius 1 is 1.14 bits per heavy atom. The standard InChI is InChI=1S/C21H27N7.HI/c1-17-6-5-11-28-16-18(25-20(17)28)8-10-24-21(22-2)27-14-12-26(13-15-27)19-7-3-4-9-23-19;/h3-7,9,11,16H,8,10,12-15H2,1-2H3,(H,22,24);1H. The minimum Gasteiger partial charge on any atom is -0.356 e. The fourth-order valence-corrected chi connectivity index (χ4v) is 3.65. The number of nitrogens with zero attached hydrogens (tertiary/aromatic N) is 6. The number of halogens is 1. The van der Waals surface area contributed by atoms with Gasteiger partial charge in [-0.3, -0.25) is 4.99 Å². The monoisotopic (exact) mass is 505 g/mol. The number of guanidine groups is 1. The number of hydrogen-bond acceptors (Lipinski definition) is 4. The number of hydrogen-bond donors (Lipinski definition) is 1. The molecule has 0 saturated carbocycles. The quantitative estimate of drug-likeness (QED) is 0.336. The highest BCUT2D eigenvalue weighted by molar-refractivity contribution is 14.0. The summed E-state index contributed by atoms with van der Waals surface area (Å²) in [5.41, 5.74) is 3.33. The van der Waals surface area contributed by atoms with E-state index in [-0.39, 0.29) is 24.0 Å². The summed E-state index contributed by atoms with van der Waals surface area (Å²) < 4.78 is 2.09. The van der Waals surface area contributed by atoms with Gasteiger partial charge in [0, 0.05) is 64.8 Å². The Morgan fingerprint density at radius 3 is 2.66 bits per heavy atom. The predicted octanol–water partition coefficient (Wildman–Crippen LogP) is 2.60. The third-order valence-electron chi connectivity index (χ3n) is 5.16. The molecule has 1 aliphatic rings. The van der Waals surface area contributed by atoms with E-state index in [2.05, 4.69) is 60.8 Å². The zero-order chi connectivity index (χ0) is 19.3. The average Bonchev–Trinajstić information content (AvgIpc) is 3.17. The van der Waals surface area contributed by atoms with E-state index in [0.717, 1.165) is 62.3 Å². The van der Waals surface area contributed by atoms with E-state index < -0.39 is 0 Å². The van der Waals surface area contributed by atoms with Crippen molar-refractivity contribution in [2.24, 2.45) is 4.99 Å². The van der Waals surface area contributed by atoms with Crippen LogP contribution in [0.25, 0.3) is 5.65 Å². The normalized spacial score (nSPS) is 14.8. The van der Waals surface area contributed by atoms with Crippen molar-refractivity contribution in [3.05, 3.63) is 60.2 Å². The molecule has 4 rings (SSSR count). The highest BCUT2D eigenvalue weighted by Gasteiger charge is 2.20. The maximum absolute atomic E-state index is 4.75. The van der Waals surface area contributed by atoms with Crippen LogP contribution in [0, 0.1) is 6.92 Å². The molecule has 0 aliphatic carbocycles. The molecular formula is C21H28IN7. The first kappa shape index (κ1) is 21.4. The Bertz CT molecular complexity index is 946. The molecule has 1 saturated heterocycles. The first-order valence-corrected chi connectivity index (χ1v) is 9.79. The number of aromatic nitrogens is 3. The summed E-state index contributed by atoms with van der Waals surface area (Å²) in [7, 11) is 1.85. The van der Waals surface area contributed by atoms with Crippen molar-refractivity contribution in [2.75, 3.05) is 44.7 Å². The molecule has 0 spiro atoms. The Hall–Kier alpha value is -2.36. The highest BCUT2D eigenvalue weighted by atomic mass is 127. The van der Waals surface area contributed by atoms with Crippen LogP contribution in [0.1, 0.15) is 11.3 Å². The molecule has 1 N–H and O–H groups in total. The maximum atomic E-state index is 4.75. The number of rotatable bonds is 4. The third kappa shape index (κ3) is 4.98. The summed E-state index contributed by atoms with van der Waals surface area (Å²) in [5, 5.41) is 3.49.